The predicted molar refractivity (Wildman–Crippen MR) is 113 cm³/mol. The maximum Gasteiger partial charge on any atom is 0.249 e. The van der Waals surface area contributed by atoms with E-state index in [-0.39, 0.29) is 18.2 Å². The van der Waals surface area contributed by atoms with Crippen LogP contribution < -0.4 is 15.4 Å². The maximum atomic E-state index is 12.7. The number of hydrogen-bond donors (Lipinski definition) is 3. The van der Waals surface area contributed by atoms with Crippen LogP contribution in [-0.2, 0) is 16.0 Å². The lowest BCUT2D eigenvalue weighted by molar-refractivity contribution is -0.126. The molecule has 7 nitrogen and oxygen atoms in total. The third kappa shape index (κ3) is 5.26. The standard InChI is InChI=1S/C21H23ClN4O3/c1-3-6-17(20(28)26-21-24-15-7-4-5-8-16(15)25-21)23-19(27)12-13-9-10-18(29-2)14(22)11-13/h4-5,7-11,17H,3,6,12H2,1-2H3,(H,23,27)(H2,24,25,26,28). The summed E-state index contributed by atoms with van der Waals surface area (Å²) in [5.41, 5.74) is 2.33. The molecule has 2 amide bonds. The average molecular weight is 415 g/mol. The molecule has 0 aliphatic heterocycles. The van der Waals surface area contributed by atoms with Gasteiger partial charge in [-0.05, 0) is 36.2 Å². The summed E-state index contributed by atoms with van der Waals surface area (Å²) in [7, 11) is 1.53. The first-order chi connectivity index (χ1) is 14.0. The van der Waals surface area contributed by atoms with Crippen LogP contribution in [0.2, 0.25) is 5.02 Å². The molecule has 3 N–H and O–H groups in total. The molecule has 0 radical (unpaired) electrons. The van der Waals surface area contributed by atoms with Crippen molar-refractivity contribution in [1.82, 2.24) is 15.3 Å². The number of hydrogen-bond acceptors (Lipinski definition) is 4. The molecule has 8 heteroatoms. The van der Waals surface area contributed by atoms with E-state index in [0.717, 1.165) is 23.0 Å². The van der Waals surface area contributed by atoms with Gasteiger partial charge in [-0.15, -0.1) is 0 Å². The van der Waals surface area contributed by atoms with Crippen LogP contribution in [0.5, 0.6) is 5.75 Å². The van der Waals surface area contributed by atoms with Crippen LogP contribution in [0.15, 0.2) is 42.5 Å². The van der Waals surface area contributed by atoms with Crippen LogP contribution in [-0.4, -0.2) is 34.9 Å². The van der Waals surface area contributed by atoms with E-state index in [0.29, 0.717) is 23.1 Å². The lowest BCUT2D eigenvalue weighted by Crippen LogP contribution is -2.44. The van der Waals surface area contributed by atoms with Gasteiger partial charge in [0.15, 0.2) is 0 Å². The lowest BCUT2D eigenvalue weighted by Gasteiger charge is -2.17. The van der Waals surface area contributed by atoms with Crippen molar-refractivity contribution in [1.29, 1.82) is 0 Å². The van der Waals surface area contributed by atoms with Gasteiger partial charge in [-0.25, -0.2) is 4.98 Å². The van der Waals surface area contributed by atoms with Gasteiger partial charge in [-0.1, -0.05) is 43.1 Å². The van der Waals surface area contributed by atoms with Crippen LogP contribution in [0, 0.1) is 0 Å². The van der Waals surface area contributed by atoms with E-state index in [1.807, 2.05) is 31.2 Å². The Morgan fingerprint density at radius 3 is 2.72 bits per heavy atom. The van der Waals surface area contributed by atoms with Gasteiger partial charge in [0.1, 0.15) is 11.8 Å². The van der Waals surface area contributed by atoms with Gasteiger partial charge < -0.3 is 15.0 Å². The minimum Gasteiger partial charge on any atom is -0.495 e. The molecule has 0 saturated heterocycles. The molecule has 0 bridgehead atoms. The van der Waals surface area contributed by atoms with Crippen LogP contribution >= 0.6 is 11.6 Å². The molecule has 1 unspecified atom stereocenters. The summed E-state index contributed by atoms with van der Waals surface area (Å²) in [6, 6.07) is 12.0. The molecule has 2 aromatic carbocycles. The van der Waals surface area contributed by atoms with Gasteiger partial charge in [-0.2, -0.15) is 0 Å². The van der Waals surface area contributed by atoms with Crippen molar-refractivity contribution in [3.05, 3.63) is 53.1 Å². The number of aromatic amines is 1. The number of anilines is 1. The molecular formula is C21H23ClN4O3. The SMILES string of the molecule is CCCC(NC(=O)Cc1ccc(OC)c(Cl)c1)C(=O)Nc1nc2ccccc2[nH]1. The zero-order valence-corrected chi connectivity index (χ0v) is 17.0. The van der Waals surface area contributed by atoms with Gasteiger partial charge >= 0.3 is 0 Å². The Kier molecular flexibility index (Phi) is 6.72. The van der Waals surface area contributed by atoms with Gasteiger partial charge in [0.05, 0.1) is 29.6 Å². The Morgan fingerprint density at radius 1 is 1.24 bits per heavy atom. The zero-order valence-electron chi connectivity index (χ0n) is 16.3. The molecule has 1 atom stereocenters. The van der Waals surface area contributed by atoms with Crippen molar-refractivity contribution < 1.29 is 14.3 Å². The Balaban J connectivity index is 1.64. The van der Waals surface area contributed by atoms with E-state index >= 15 is 0 Å². The number of carbonyl (C=O) groups excluding carboxylic acids is 2. The largest absolute Gasteiger partial charge is 0.495 e. The minimum atomic E-state index is -0.658. The summed E-state index contributed by atoms with van der Waals surface area (Å²) in [5, 5.41) is 5.99. The molecule has 1 heterocycles. The van der Waals surface area contributed by atoms with Crippen molar-refractivity contribution in [3.63, 3.8) is 0 Å². The number of fused-ring (bicyclic) bond motifs is 1. The number of nitrogens with zero attached hydrogens (tertiary/aromatic N) is 1. The molecule has 3 rings (SSSR count). The molecule has 3 aromatic rings. The summed E-state index contributed by atoms with van der Waals surface area (Å²) in [6.45, 7) is 1.96. The average Bonchev–Trinajstić information content (AvgIpc) is 3.10. The van der Waals surface area contributed by atoms with E-state index in [2.05, 4.69) is 20.6 Å². The zero-order chi connectivity index (χ0) is 20.8. The first kappa shape index (κ1) is 20.7. The number of ether oxygens (including phenoxy) is 1. The number of aromatic nitrogens is 2. The van der Waals surface area contributed by atoms with E-state index in [4.69, 9.17) is 16.3 Å². The third-order valence-electron chi connectivity index (χ3n) is 4.44. The Labute approximate surface area is 173 Å². The molecular weight excluding hydrogens is 392 g/mol. The van der Waals surface area contributed by atoms with Crippen molar-refractivity contribution in [2.75, 3.05) is 12.4 Å². The number of imidazole rings is 1. The molecule has 0 aliphatic rings. The number of halogens is 1. The quantitative estimate of drug-likeness (QED) is 0.523. The van der Waals surface area contributed by atoms with Crippen molar-refractivity contribution >= 4 is 40.4 Å². The summed E-state index contributed by atoms with van der Waals surface area (Å²) in [4.78, 5) is 32.5. The summed E-state index contributed by atoms with van der Waals surface area (Å²) in [5.74, 6) is 0.329. The highest BCUT2D eigenvalue weighted by Crippen LogP contribution is 2.25. The highest BCUT2D eigenvalue weighted by molar-refractivity contribution is 6.32. The normalized spacial score (nSPS) is 11.8. The number of benzene rings is 2. The monoisotopic (exact) mass is 414 g/mol. The lowest BCUT2D eigenvalue weighted by atomic mass is 10.1. The van der Waals surface area contributed by atoms with Gasteiger partial charge in [-0.3, -0.25) is 14.9 Å². The number of H-pyrrole nitrogens is 1. The van der Waals surface area contributed by atoms with Gasteiger partial charge in [0.25, 0.3) is 0 Å². The maximum absolute atomic E-state index is 12.7. The molecule has 0 aliphatic carbocycles. The topological polar surface area (TPSA) is 96.1 Å². The summed E-state index contributed by atoms with van der Waals surface area (Å²) in [6.07, 6.45) is 1.37. The number of carbonyl (C=O) groups is 2. The van der Waals surface area contributed by atoms with Crippen LogP contribution in [0.4, 0.5) is 5.95 Å². The smallest absolute Gasteiger partial charge is 0.249 e. The second-order valence-corrected chi connectivity index (χ2v) is 7.05. The fraction of sp³-hybridized carbons (Fsp3) is 0.286. The fourth-order valence-electron chi connectivity index (χ4n) is 3.02. The van der Waals surface area contributed by atoms with Crippen LogP contribution in [0.3, 0.4) is 0 Å². The van der Waals surface area contributed by atoms with E-state index < -0.39 is 6.04 Å². The predicted octanol–water partition coefficient (Wildman–Crippen LogP) is 3.69. The molecule has 0 spiro atoms. The van der Waals surface area contributed by atoms with Gasteiger partial charge in [0.2, 0.25) is 17.8 Å². The highest BCUT2D eigenvalue weighted by atomic mass is 35.5. The Bertz CT molecular complexity index is 985. The molecule has 152 valence electrons. The molecule has 29 heavy (non-hydrogen) atoms. The van der Waals surface area contributed by atoms with E-state index in [1.165, 1.54) is 7.11 Å². The van der Waals surface area contributed by atoms with Crippen molar-refractivity contribution in [3.8, 4) is 5.75 Å². The van der Waals surface area contributed by atoms with Crippen molar-refractivity contribution in [2.24, 2.45) is 0 Å². The Morgan fingerprint density at radius 2 is 2.03 bits per heavy atom. The van der Waals surface area contributed by atoms with Crippen LogP contribution in [0.25, 0.3) is 11.0 Å². The second-order valence-electron chi connectivity index (χ2n) is 6.65. The second kappa shape index (κ2) is 9.43. The first-order valence-corrected chi connectivity index (χ1v) is 9.75. The first-order valence-electron chi connectivity index (χ1n) is 9.37. The summed E-state index contributed by atoms with van der Waals surface area (Å²) >= 11 is 6.11. The molecule has 0 fully saturated rings. The molecule has 0 saturated carbocycles. The number of rotatable bonds is 8. The number of methoxy groups -OCH3 is 1. The third-order valence-corrected chi connectivity index (χ3v) is 4.74. The highest BCUT2D eigenvalue weighted by Gasteiger charge is 2.21. The van der Waals surface area contributed by atoms with E-state index in [1.54, 1.807) is 18.2 Å². The van der Waals surface area contributed by atoms with Crippen molar-refractivity contribution in [2.45, 2.75) is 32.2 Å². The minimum absolute atomic E-state index is 0.113. The summed E-state index contributed by atoms with van der Waals surface area (Å²) < 4.78 is 5.12. The fourth-order valence-corrected chi connectivity index (χ4v) is 3.30. The van der Waals surface area contributed by atoms with Gasteiger partial charge in [0, 0.05) is 0 Å². The number of para-hydroxylation sites is 2. The number of nitrogens with one attached hydrogen (secondary N) is 3. The van der Waals surface area contributed by atoms with Crippen LogP contribution in [0.1, 0.15) is 25.3 Å². The Hall–Kier alpha value is -3.06. The number of amides is 2. The molecule has 1 aromatic heterocycles. The van der Waals surface area contributed by atoms with E-state index in [9.17, 15) is 9.59 Å².